The number of hydrogen-bond acceptors (Lipinski definition) is 2. The normalized spacial score (nSPS) is 11.1. The van der Waals surface area contributed by atoms with E-state index in [1.807, 2.05) is 42.5 Å². The van der Waals surface area contributed by atoms with Crippen LogP contribution in [-0.4, -0.2) is 4.98 Å². The summed E-state index contributed by atoms with van der Waals surface area (Å²) >= 11 is 6.13. The number of para-hydroxylation sites is 1. The molecule has 3 aromatic rings. The molecule has 2 nitrogen and oxygen atoms in total. The largest absolute Gasteiger partial charge is 0.397 e. The smallest absolute Gasteiger partial charge is 0.0938 e. The first-order valence-electron chi connectivity index (χ1n) is 4.99. The molecule has 2 N–H and O–H groups in total. The first-order valence-corrected chi connectivity index (χ1v) is 5.37. The van der Waals surface area contributed by atoms with Gasteiger partial charge in [-0.15, -0.1) is 0 Å². The zero-order chi connectivity index (χ0) is 11.1. The molecule has 1 aromatic heterocycles. The van der Waals surface area contributed by atoms with Crippen molar-refractivity contribution in [1.82, 2.24) is 4.98 Å². The van der Waals surface area contributed by atoms with Crippen molar-refractivity contribution >= 4 is 39.1 Å². The van der Waals surface area contributed by atoms with E-state index in [0.717, 1.165) is 21.8 Å². The molecule has 0 spiro atoms. The molecular formula is C13H9ClN2. The molecule has 0 saturated carbocycles. The first-order chi connectivity index (χ1) is 7.75. The molecular weight excluding hydrogens is 220 g/mol. The van der Waals surface area contributed by atoms with Crippen LogP contribution in [0, 0.1) is 0 Å². The Morgan fingerprint density at radius 1 is 1.06 bits per heavy atom. The van der Waals surface area contributed by atoms with Crippen LogP contribution in [0.15, 0.2) is 42.5 Å². The summed E-state index contributed by atoms with van der Waals surface area (Å²) in [6.45, 7) is 0. The van der Waals surface area contributed by atoms with Gasteiger partial charge in [-0.1, -0.05) is 29.8 Å². The van der Waals surface area contributed by atoms with Crippen molar-refractivity contribution in [3.8, 4) is 0 Å². The fourth-order valence-corrected chi connectivity index (χ4v) is 2.09. The summed E-state index contributed by atoms with van der Waals surface area (Å²) in [4.78, 5) is 4.53. The first kappa shape index (κ1) is 9.43. The molecule has 0 bridgehead atoms. The Bertz CT molecular complexity index is 630. The van der Waals surface area contributed by atoms with Gasteiger partial charge in [-0.05, 0) is 24.3 Å². The second-order valence-corrected chi connectivity index (χ2v) is 4.12. The van der Waals surface area contributed by atoms with E-state index < -0.39 is 0 Å². The molecule has 0 aliphatic carbocycles. The Balaban J connectivity index is 2.54. The zero-order valence-corrected chi connectivity index (χ0v) is 9.20. The molecule has 0 atom stereocenters. The highest BCUT2D eigenvalue weighted by molar-refractivity contribution is 6.35. The number of nitrogens with two attached hydrogens (primary N) is 1. The van der Waals surface area contributed by atoms with Crippen LogP contribution in [0.4, 0.5) is 5.69 Å². The van der Waals surface area contributed by atoms with Gasteiger partial charge in [0.05, 0.1) is 16.7 Å². The van der Waals surface area contributed by atoms with Crippen molar-refractivity contribution in [2.45, 2.75) is 0 Å². The van der Waals surface area contributed by atoms with E-state index in [1.54, 1.807) is 0 Å². The van der Waals surface area contributed by atoms with Gasteiger partial charge in [-0.25, -0.2) is 4.98 Å². The van der Waals surface area contributed by atoms with Crippen LogP contribution in [0.2, 0.25) is 5.02 Å². The van der Waals surface area contributed by atoms with Gasteiger partial charge in [0, 0.05) is 15.8 Å². The molecule has 3 rings (SSSR count). The summed E-state index contributed by atoms with van der Waals surface area (Å²) in [7, 11) is 0. The third-order valence-electron chi connectivity index (χ3n) is 2.66. The Kier molecular flexibility index (Phi) is 1.98. The van der Waals surface area contributed by atoms with Gasteiger partial charge in [0.2, 0.25) is 0 Å². The standard InChI is InChI=1S/C13H9ClN2/c14-10-4-2-6-12-9(10)7-8-3-1-5-11(15)13(8)16-12/h1-7H,15H2. The number of anilines is 1. The van der Waals surface area contributed by atoms with E-state index in [1.165, 1.54) is 0 Å². The molecule has 3 heteroatoms. The van der Waals surface area contributed by atoms with Gasteiger partial charge in [0.15, 0.2) is 0 Å². The number of rotatable bonds is 0. The highest BCUT2D eigenvalue weighted by atomic mass is 35.5. The average Bonchev–Trinajstić information content (AvgIpc) is 2.29. The molecule has 0 aliphatic heterocycles. The minimum Gasteiger partial charge on any atom is -0.397 e. The topological polar surface area (TPSA) is 38.9 Å². The molecule has 0 fully saturated rings. The molecule has 78 valence electrons. The van der Waals surface area contributed by atoms with Crippen LogP contribution in [-0.2, 0) is 0 Å². The van der Waals surface area contributed by atoms with Gasteiger partial charge in [-0.2, -0.15) is 0 Å². The van der Waals surface area contributed by atoms with Crippen LogP contribution < -0.4 is 5.73 Å². The van der Waals surface area contributed by atoms with Crippen LogP contribution >= 0.6 is 11.6 Å². The minimum absolute atomic E-state index is 0.694. The van der Waals surface area contributed by atoms with E-state index >= 15 is 0 Å². The van der Waals surface area contributed by atoms with Crippen molar-refractivity contribution < 1.29 is 0 Å². The molecule has 0 amide bonds. The summed E-state index contributed by atoms with van der Waals surface area (Å²) < 4.78 is 0. The summed E-state index contributed by atoms with van der Waals surface area (Å²) in [6, 6.07) is 13.5. The SMILES string of the molecule is Nc1cccc2cc3c(Cl)cccc3nc12. The van der Waals surface area contributed by atoms with E-state index in [0.29, 0.717) is 10.7 Å². The number of benzene rings is 2. The van der Waals surface area contributed by atoms with Crippen LogP contribution in [0.25, 0.3) is 21.8 Å². The highest BCUT2D eigenvalue weighted by Gasteiger charge is 2.04. The maximum atomic E-state index is 6.13. The number of aromatic nitrogens is 1. The lowest BCUT2D eigenvalue weighted by molar-refractivity contribution is 1.50. The van der Waals surface area contributed by atoms with Gasteiger partial charge in [-0.3, -0.25) is 0 Å². The highest BCUT2D eigenvalue weighted by Crippen LogP contribution is 2.27. The molecule has 0 radical (unpaired) electrons. The number of pyridine rings is 1. The zero-order valence-electron chi connectivity index (χ0n) is 8.44. The summed E-state index contributed by atoms with van der Waals surface area (Å²) in [5, 5.41) is 2.69. The van der Waals surface area contributed by atoms with E-state index in [9.17, 15) is 0 Å². The second kappa shape index (κ2) is 3.35. The predicted octanol–water partition coefficient (Wildman–Crippen LogP) is 3.62. The summed E-state index contributed by atoms with van der Waals surface area (Å²) in [5.74, 6) is 0. The quantitative estimate of drug-likeness (QED) is 0.472. The van der Waals surface area contributed by atoms with Crippen molar-refractivity contribution in [2.75, 3.05) is 5.73 Å². The predicted molar refractivity (Wildman–Crippen MR) is 68.7 cm³/mol. The lowest BCUT2D eigenvalue weighted by Gasteiger charge is -2.04. The van der Waals surface area contributed by atoms with Gasteiger partial charge in [0.1, 0.15) is 0 Å². The van der Waals surface area contributed by atoms with Crippen molar-refractivity contribution in [2.24, 2.45) is 0 Å². The summed E-state index contributed by atoms with van der Waals surface area (Å²) in [5.41, 5.74) is 8.29. The average molecular weight is 229 g/mol. The number of hydrogen-bond donors (Lipinski definition) is 1. The number of nitrogen functional groups attached to an aromatic ring is 1. The lowest BCUT2D eigenvalue weighted by atomic mass is 10.1. The molecule has 0 aliphatic rings. The number of fused-ring (bicyclic) bond motifs is 2. The molecule has 0 unspecified atom stereocenters. The summed E-state index contributed by atoms with van der Waals surface area (Å²) in [6.07, 6.45) is 0. The van der Waals surface area contributed by atoms with Crippen LogP contribution in [0.1, 0.15) is 0 Å². The number of halogens is 1. The van der Waals surface area contributed by atoms with Crippen molar-refractivity contribution in [3.05, 3.63) is 47.5 Å². The fourth-order valence-electron chi connectivity index (χ4n) is 1.87. The second-order valence-electron chi connectivity index (χ2n) is 3.71. The molecule has 2 aromatic carbocycles. The Morgan fingerprint density at radius 2 is 1.88 bits per heavy atom. The van der Waals surface area contributed by atoms with Crippen molar-refractivity contribution in [1.29, 1.82) is 0 Å². The van der Waals surface area contributed by atoms with Gasteiger partial charge >= 0.3 is 0 Å². The Morgan fingerprint density at radius 3 is 2.75 bits per heavy atom. The third kappa shape index (κ3) is 1.31. The Labute approximate surface area is 97.7 Å². The molecule has 0 saturated heterocycles. The minimum atomic E-state index is 0.694. The number of nitrogens with zero attached hydrogens (tertiary/aromatic N) is 1. The molecule has 16 heavy (non-hydrogen) atoms. The van der Waals surface area contributed by atoms with Gasteiger partial charge < -0.3 is 5.73 Å². The van der Waals surface area contributed by atoms with E-state index in [4.69, 9.17) is 17.3 Å². The monoisotopic (exact) mass is 228 g/mol. The maximum absolute atomic E-state index is 6.13. The maximum Gasteiger partial charge on any atom is 0.0938 e. The lowest BCUT2D eigenvalue weighted by Crippen LogP contribution is -1.90. The van der Waals surface area contributed by atoms with E-state index in [2.05, 4.69) is 4.98 Å². The van der Waals surface area contributed by atoms with Gasteiger partial charge in [0.25, 0.3) is 0 Å². The van der Waals surface area contributed by atoms with Crippen molar-refractivity contribution in [3.63, 3.8) is 0 Å². The third-order valence-corrected chi connectivity index (χ3v) is 2.99. The molecule has 1 heterocycles. The van der Waals surface area contributed by atoms with Crippen LogP contribution in [0.5, 0.6) is 0 Å². The van der Waals surface area contributed by atoms with Crippen LogP contribution in [0.3, 0.4) is 0 Å². The Hall–Kier alpha value is -1.80. The van der Waals surface area contributed by atoms with E-state index in [-0.39, 0.29) is 0 Å². The fraction of sp³-hybridized carbons (Fsp3) is 0.